The van der Waals surface area contributed by atoms with Crippen LogP contribution >= 0.6 is 0 Å². The van der Waals surface area contributed by atoms with Gasteiger partial charge in [-0.05, 0) is 17.9 Å². The minimum atomic E-state index is -0.104. The van der Waals surface area contributed by atoms with Crippen LogP contribution in [0.25, 0.3) is 0 Å². The van der Waals surface area contributed by atoms with E-state index in [0.717, 1.165) is 12.0 Å². The van der Waals surface area contributed by atoms with E-state index in [-0.39, 0.29) is 11.8 Å². The molecule has 3 nitrogen and oxygen atoms in total. The van der Waals surface area contributed by atoms with Crippen LogP contribution < -0.4 is 0 Å². The van der Waals surface area contributed by atoms with E-state index in [1.54, 1.807) is 12.5 Å². The SMILES string of the molecule is C[C@H]1Cc2ccccc2C(=O)[C@@H]1n1ccnc1. The second-order valence-corrected chi connectivity index (χ2v) is 4.66. The molecular formula is C14H14N2O. The molecule has 0 spiro atoms. The minimum Gasteiger partial charge on any atom is -0.326 e. The molecule has 0 radical (unpaired) electrons. The van der Waals surface area contributed by atoms with Crippen LogP contribution in [0.4, 0.5) is 0 Å². The zero-order valence-electron chi connectivity index (χ0n) is 9.71. The number of fused-ring (bicyclic) bond motifs is 1. The fourth-order valence-corrected chi connectivity index (χ4v) is 2.68. The van der Waals surface area contributed by atoms with E-state index >= 15 is 0 Å². The second-order valence-electron chi connectivity index (χ2n) is 4.66. The van der Waals surface area contributed by atoms with Gasteiger partial charge in [-0.1, -0.05) is 31.2 Å². The van der Waals surface area contributed by atoms with Gasteiger partial charge in [0.25, 0.3) is 0 Å². The number of Topliss-reactive ketones (excluding diaryl/α,β-unsaturated/α-hetero) is 1. The number of benzene rings is 1. The van der Waals surface area contributed by atoms with E-state index in [9.17, 15) is 4.79 Å². The van der Waals surface area contributed by atoms with Crippen LogP contribution in [0.1, 0.15) is 28.9 Å². The van der Waals surface area contributed by atoms with Gasteiger partial charge in [-0.3, -0.25) is 4.79 Å². The molecule has 0 saturated heterocycles. The number of aromatic nitrogens is 2. The van der Waals surface area contributed by atoms with Crippen LogP contribution in [0.5, 0.6) is 0 Å². The maximum atomic E-state index is 12.5. The highest BCUT2D eigenvalue weighted by Gasteiger charge is 2.33. The summed E-state index contributed by atoms with van der Waals surface area (Å²) in [6, 6.07) is 7.79. The average Bonchev–Trinajstić information content (AvgIpc) is 2.83. The van der Waals surface area contributed by atoms with Crippen molar-refractivity contribution in [3.05, 3.63) is 54.1 Å². The molecular weight excluding hydrogens is 212 g/mol. The van der Waals surface area contributed by atoms with Crippen molar-refractivity contribution >= 4 is 5.78 Å². The van der Waals surface area contributed by atoms with Gasteiger partial charge in [0.1, 0.15) is 6.04 Å². The summed E-state index contributed by atoms with van der Waals surface area (Å²) in [5.74, 6) is 0.518. The third-order valence-electron chi connectivity index (χ3n) is 3.48. The summed E-state index contributed by atoms with van der Waals surface area (Å²) >= 11 is 0. The predicted octanol–water partition coefficient (Wildman–Crippen LogP) is 2.50. The fraction of sp³-hybridized carbons (Fsp3) is 0.286. The highest BCUT2D eigenvalue weighted by molar-refractivity contribution is 6.01. The predicted molar refractivity (Wildman–Crippen MR) is 64.9 cm³/mol. The van der Waals surface area contributed by atoms with Crippen LogP contribution in [0.3, 0.4) is 0 Å². The van der Waals surface area contributed by atoms with Gasteiger partial charge in [0.15, 0.2) is 5.78 Å². The lowest BCUT2D eigenvalue weighted by Gasteiger charge is -2.30. The Hall–Kier alpha value is -1.90. The minimum absolute atomic E-state index is 0.104. The zero-order valence-corrected chi connectivity index (χ0v) is 9.71. The quantitative estimate of drug-likeness (QED) is 0.748. The van der Waals surface area contributed by atoms with Crippen LogP contribution in [0.15, 0.2) is 43.0 Å². The molecule has 1 aliphatic carbocycles. The van der Waals surface area contributed by atoms with Crippen molar-refractivity contribution in [1.29, 1.82) is 0 Å². The lowest BCUT2D eigenvalue weighted by molar-refractivity contribution is 0.0870. The van der Waals surface area contributed by atoms with Crippen molar-refractivity contribution in [1.82, 2.24) is 9.55 Å². The molecule has 1 aliphatic rings. The van der Waals surface area contributed by atoms with E-state index in [4.69, 9.17) is 0 Å². The molecule has 0 amide bonds. The van der Waals surface area contributed by atoms with Crippen molar-refractivity contribution in [3.63, 3.8) is 0 Å². The molecule has 17 heavy (non-hydrogen) atoms. The van der Waals surface area contributed by atoms with Gasteiger partial charge in [-0.2, -0.15) is 0 Å². The summed E-state index contributed by atoms with van der Waals surface area (Å²) in [6.07, 6.45) is 6.27. The molecule has 86 valence electrons. The third-order valence-corrected chi connectivity index (χ3v) is 3.48. The van der Waals surface area contributed by atoms with Crippen LogP contribution in [0, 0.1) is 5.92 Å². The summed E-state index contributed by atoms with van der Waals surface area (Å²) in [6.45, 7) is 2.12. The number of rotatable bonds is 1. The summed E-state index contributed by atoms with van der Waals surface area (Å²) in [4.78, 5) is 16.5. The largest absolute Gasteiger partial charge is 0.326 e. The first-order chi connectivity index (χ1) is 8.27. The van der Waals surface area contributed by atoms with Crippen LogP contribution in [-0.4, -0.2) is 15.3 Å². The molecule has 0 N–H and O–H groups in total. The molecule has 1 heterocycles. The van der Waals surface area contributed by atoms with Gasteiger partial charge in [0.05, 0.1) is 6.33 Å². The molecule has 0 fully saturated rings. The Morgan fingerprint density at radius 1 is 1.35 bits per heavy atom. The van der Waals surface area contributed by atoms with Crippen molar-refractivity contribution in [3.8, 4) is 0 Å². The molecule has 0 unspecified atom stereocenters. The van der Waals surface area contributed by atoms with Gasteiger partial charge in [-0.25, -0.2) is 4.98 Å². The second kappa shape index (κ2) is 3.84. The maximum Gasteiger partial charge on any atom is 0.186 e. The van der Waals surface area contributed by atoms with E-state index in [0.29, 0.717) is 5.92 Å². The lowest BCUT2D eigenvalue weighted by Crippen LogP contribution is -2.31. The summed E-state index contributed by atoms with van der Waals surface area (Å²) in [5, 5.41) is 0. The highest BCUT2D eigenvalue weighted by Crippen LogP contribution is 2.32. The molecule has 0 saturated carbocycles. The molecule has 0 bridgehead atoms. The Balaban J connectivity index is 2.07. The van der Waals surface area contributed by atoms with E-state index < -0.39 is 0 Å². The Morgan fingerprint density at radius 2 is 2.18 bits per heavy atom. The number of nitrogens with zero attached hydrogens (tertiary/aromatic N) is 2. The van der Waals surface area contributed by atoms with Crippen LogP contribution in [0.2, 0.25) is 0 Å². The monoisotopic (exact) mass is 226 g/mol. The normalized spacial score (nSPS) is 23.5. The average molecular weight is 226 g/mol. The number of hydrogen-bond donors (Lipinski definition) is 0. The molecule has 3 rings (SSSR count). The Labute approximate surface area is 100 Å². The summed E-state index contributed by atoms with van der Waals surface area (Å²) in [7, 11) is 0. The van der Waals surface area contributed by atoms with E-state index in [2.05, 4.69) is 11.9 Å². The number of carbonyl (C=O) groups excluding carboxylic acids is 1. The lowest BCUT2D eigenvalue weighted by atomic mass is 9.80. The molecule has 2 atom stereocenters. The molecule has 1 aromatic carbocycles. The standard InChI is InChI=1S/C14H14N2O/c1-10-8-11-4-2-3-5-12(11)14(17)13(10)16-7-6-15-9-16/h2-7,9-10,13H,8H2,1H3/t10-,13+/m0/s1. The van der Waals surface area contributed by atoms with Crippen molar-refractivity contribution in [2.24, 2.45) is 5.92 Å². The van der Waals surface area contributed by atoms with Crippen molar-refractivity contribution in [2.75, 3.05) is 0 Å². The summed E-state index contributed by atoms with van der Waals surface area (Å²) in [5.41, 5.74) is 2.03. The van der Waals surface area contributed by atoms with Gasteiger partial charge in [-0.15, -0.1) is 0 Å². The maximum absolute atomic E-state index is 12.5. The first-order valence-electron chi connectivity index (χ1n) is 5.87. The topological polar surface area (TPSA) is 34.9 Å². The number of ketones is 1. The highest BCUT2D eigenvalue weighted by atomic mass is 16.1. The molecule has 2 aromatic rings. The summed E-state index contributed by atoms with van der Waals surface area (Å²) < 4.78 is 1.92. The van der Waals surface area contributed by atoms with Gasteiger partial charge in [0.2, 0.25) is 0 Å². The Bertz CT molecular complexity index is 545. The number of carbonyl (C=O) groups is 1. The molecule has 0 aliphatic heterocycles. The smallest absolute Gasteiger partial charge is 0.186 e. The molecule has 3 heteroatoms. The Kier molecular flexibility index (Phi) is 2.32. The third kappa shape index (κ3) is 1.58. The van der Waals surface area contributed by atoms with Crippen LogP contribution in [-0.2, 0) is 6.42 Å². The van der Waals surface area contributed by atoms with Crippen molar-refractivity contribution in [2.45, 2.75) is 19.4 Å². The Morgan fingerprint density at radius 3 is 2.94 bits per heavy atom. The van der Waals surface area contributed by atoms with E-state index in [1.165, 1.54) is 5.56 Å². The molecule has 1 aromatic heterocycles. The first kappa shape index (κ1) is 10.3. The van der Waals surface area contributed by atoms with Gasteiger partial charge < -0.3 is 4.57 Å². The van der Waals surface area contributed by atoms with Gasteiger partial charge in [0, 0.05) is 18.0 Å². The van der Waals surface area contributed by atoms with E-state index in [1.807, 2.05) is 35.0 Å². The number of imidazole rings is 1. The first-order valence-corrected chi connectivity index (χ1v) is 5.87. The van der Waals surface area contributed by atoms with Crippen molar-refractivity contribution < 1.29 is 4.79 Å². The fourth-order valence-electron chi connectivity index (χ4n) is 2.68. The number of hydrogen-bond acceptors (Lipinski definition) is 2. The van der Waals surface area contributed by atoms with Gasteiger partial charge >= 0.3 is 0 Å². The zero-order chi connectivity index (χ0) is 11.8.